The standard InChI is InChI=1S/C18H16N2O2/c1-11(8-12(2)21)15-10-20-16-5-3-4-14(18(15)16)17-7-6-13(9-19)22-17/h3-7,10-11,20H,8H2,1-2H3. The number of nitrogens with one attached hydrogen (secondary N) is 1. The number of furan rings is 1. The molecule has 0 aliphatic rings. The number of hydrogen-bond acceptors (Lipinski definition) is 3. The van der Waals surface area contributed by atoms with E-state index in [1.54, 1.807) is 19.1 Å². The maximum absolute atomic E-state index is 11.4. The number of benzene rings is 1. The third kappa shape index (κ3) is 2.42. The zero-order chi connectivity index (χ0) is 15.7. The first-order chi connectivity index (χ1) is 10.6. The molecule has 110 valence electrons. The van der Waals surface area contributed by atoms with Gasteiger partial charge in [0.05, 0.1) is 0 Å². The number of Topliss-reactive ketones (excluding diaryl/α,β-unsaturated/α-hetero) is 1. The van der Waals surface area contributed by atoms with Crippen molar-refractivity contribution < 1.29 is 9.21 Å². The van der Waals surface area contributed by atoms with Gasteiger partial charge in [0.2, 0.25) is 5.76 Å². The highest BCUT2D eigenvalue weighted by Crippen LogP contribution is 2.36. The van der Waals surface area contributed by atoms with Gasteiger partial charge in [0.1, 0.15) is 17.6 Å². The summed E-state index contributed by atoms with van der Waals surface area (Å²) in [5.41, 5.74) is 3.03. The first kappa shape index (κ1) is 14.2. The first-order valence-corrected chi connectivity index (χ1v) is 7.20. The normalized spacial score (nSPS) is 12.2. The molecule has 1 aromatic carbocycles. The maximum Gasteiger partial charge on any atom is 0.204 e. The molecule has 0 aliphatic carbocycles. The van der Waals surface area contributed by atoms with Gasteiger partial charge >= 0.3 is 0 Å². The van der Waals surface area contributed by atoms with Crippen LogP contribution in [0.2, 0.25) is 0 Å². The molecular weight excluding hydrogens is 276 g/mol. The summed E-state index contributed by atoms with van der Waals surface area (Å²) in [4.78, 5) is 14.7. The van der Waals surface area contributed by atoms with E-state index in [0.717, 1.165) is 22.0 Å². The number of ketones is 1. The number of nitriles is 1. The van der Waals surface area contributed by atoms with Gasteiger partial charge in [0.25, 0.3) is 0 Å². The van der Waals surface area contributed by atoms with Crippen molar-refractivity contribution in [3.63, 3.8) is 0 Å². The lowest BCUT2D eigenvalue weighted by molar-refractivity contribution is -0.117. The highest BCUT2D eigenvalue weighted by atomic mass is 16.3. The molecule has 2 aromatic heterocycles. The molecule has 1 unspecified atom stereocenters. The van der Waals surface area contributed by atoms with Crippen molar-refractivity contribution in [2.75, 3.05) is 0 Å². The van der Waals surface area contributed by atoms with E-state index in [0.29, 0.717) is 17.9 Å². The number of hydrogen-bond donors (Lipinski definition) is 1. The fourth-order valence-corrected chi connectivity index (χ4v) is 2.89. The van der Waals surface area contributed by atoms with E-state index in [1.807, 2.05) is 37.4 Å². The van der Waals surface area contributed by atoms with Crippen molar-refractivity contribution in [3.05, 3.63) is 47.9 Å². The number of rotatable bonds is 4. The van der Waals surface area contributed by atoms with Crippen LogP contribution in [0.1, 0.15) is 37.5 Å². The van der Waals surface area contributed by atoms with E-state index < -0.39 is 0 Å². The Hall–Kier alpha value is -2.80. The summed E-state index contributed by atoms with van der Waals surface area (Å²) in [5.74, 6) is 1.25. The third-order valence-electron chi connectivity index (χ3n) is 3.84. The monoisotopic (exact) mass is 292 g/mol. The van der Waals surface area contributed by atoms with Crippen LogP contribution in [-0.2, 0) is 4.79 Å². The number of carbonyl (C=O) groups excluding carboxylic acids is 1. The fourth-order valence-electron chi connectivity index (χ4n) is 2.89. The molecule has 0 spiro atoms. The van der Waals surface area contributed by atoms with Crippen LogP contribution >= 0.6 is 0 Å². The van der Waals surface area contributed by atoms with E-state index >= 15 is 0 Å². The topological polar surface area (TPSA) is 69.8 Å². The second kappa shape index (κ2) is 5.53. The van der Waals surface area contributed by atoms with Crippen LogP contribution in [-0.4, -0.2) is 10.8 Å². The largest absolute Gasteiger partial charge is 0.446 e. The molecule has 0 aliphatic heterocycles. The van der Waals surface area contributed by atoms with Crippen molar-refractivity contribution in [1.29, 1.82) is 5.26 Å². The molecule has 4 heteroatoms. The van der Waals surface area contributed by atoms with Crippen molar-refractivity contribution in [1.82, 2.24) is 4.98 Å². The molecule has 2 heterocycles. The van der Waals surface area contributed by atoms with Crippen LogP contribution in [0.25, 0.3) is 22.2 Å². The molecule has 4 nitrogen and oxygen atoms in total. The summed E-state index contributed by atoms with van der Waals surface area (Å²) in [5, 5.41) is 9.98. The average molecular weight is 292 g/mol. The van der Waals surface area contributed by atoms with E-state index in [4.69, 9.17) is 9.68 Å². The summed E-state index contributed by atoms with van der Waals surface area (Å²) in [6.07, 6.45) is 2.46. The number of carbonyl (C=O) groups is 1. The van der Waals surface area contributed by atoms with E-state index in [-0.39, 0.29) is 11.7 Å². The van der Waals surface area contributed by atoms with Crippen LogP contribution in [0.5, 0.6) is 0 Å². The van der Waals surface area contributed by atoms with Crippen molar-refractivity contribution in [2.45, 2.75) is 26.2 Å². The van der Waals surface area contributed by atoms with Crippen LogP contribution in [0, 0.1) is 11.3 Å². The van der Waals surface area contributed by atoms with Crippen molar-refractivity contribution >= 4 is 16.7 Å². The Morgan fingerprint density at radius 3 is 2.86 bits per heavy atom. The number of aromatic amines is 1. The molecule has 0 radical (unpaired) electrons. The highest BCUT2D eigenvalue weighted by Gasteiger charge is 2.17. The Kier molecular flexibility index (Phi) is 3.56. The van der Waals surface area contributed by atoms with E-state index in [1.165, 1.54) is 0 Å². The maximum atomic E-state index is 11.4. The smallest absolute Gasteiger partial charge is 0.204 e. The average Bonchev–Trinajstić information content (AvgIpc) is 3.13. The van der Waals surface area contributed by atoms with Gasteiger partial charge in [0.15, 0.2) is 0 Å². The molecule has 0 bridgehead atoms. The zero-order valence-corrected chi connectivity index (χ0v) is 12.5. The molecular formula is C18H16N2O2. The van der Waals surface area contributed by atoms with Crippen molar-refractivity contribution in [2.24, 2.45) is 0 Å². The molecule has 1 N–H and O–H groups in total. The number of aromatic nitrogens is 1. The third-order valence-corrected chi connectivity index (χ3v) is 3.84. The van der Waals surface area contributed by atoms with Crippen LogP contribution in [0.3, 0.4) is 0 Å². The molecule has 0 fully saturated rings. The minimum atomic E-state index is 0.123. The lowest BCUT2D eigenvalue weighted by atomic mass is 9.93. The van der Waals surface area contributed by atoms with Gasteiger partial charge in [-0.05, 0) is 36.6 Å². The van der Waals surface area contributed by atoms with Gasteiger partial charge < -0.3 is 14.2 Å². The predicted octanol–water partition coefficient (Wildman–Crippen LogP) is 4.38. The Morgan fingerprint density at radius 1 is 1.36 bits per heavy atom. The summed E-state index contributed by atoms with van der Waals surface area (Å²) >= 11 is 0. The zero-order valence-electron chi connectivity index (χ0n) is 12.5. The Morgan fingerprint density at radius 2 is 2.18 bits per heavy atom. The summed E-state index contributed by atoms with van der Waals surface area (Å²) < 4.78 is 5.57. The highest BCUT2D eigenvalue weighted by molar-refractivity contribution is 5.97. The lowest BCUT2D eigenvalue weighted by Gasteiger charge is -2.10. The molecule has 0 saturated carbocycles. The van der Waals surface area contributed by atoms with E-state index in [2.05, 4.69) is 4.98 Å². The predicted molar refractivity (Wildman–Crippen MR) is 84.4 cm³/mol. The quantitative estimate of drug-likeness (QED) is 0.775. The molecule has 0 saturated heterocycles. The second-order valence-electron chi connectivity index (χ2n) is 5.56. The molecule has 1 atom stereocenters. The minimum absolute atomic E-state index is 0.123. The Balaban J connectivity index is 2.16. The number of H-pyrrole nitrogens is 1. The Labute approximate surface area is 128 Å². The first-order valence-electron chi connectivity index (χ1n) is 7.20. The number of nitrogens with zero attached hydrogens (tertiary/aromatic N) is 1. The van der Waals surface area contributed by atoms with Gasteiger partial charge in [0, 0.05) is 29.1 Å². The SMILES string of the molecule is CC(=O)CC(C)c1c[nH]c2cccc(-c3ccc(C#N)o3)c12. The second-order valence-corrected chi connectivity index (χ2v) is 5.56. The molecule has 3 rings (SSSR count). The lowest BCUT2D eigenvalue weighted by Crippen LogP contribution is -1.99. The van der Waals surface area contributed by atoms with Crippen LogP contribution in [0.4, 0.5) is 0 Å². The summed E-state index contributed by atoms with van der Waals surface area (Å²) in [7, 11) is 0. The Bertz CT molecular complexity index is 880. The summed E-state index contributed by atoms with van der Waals surface area (Å²) in [6, 6.07) is 11.4. The van der Waals surface area contributed by atoms with Gasteiger partial charge in [-0.3, -0.25) is 0 Å². The van der Waals surface area contributed by atoms with Crippen LogP contribution in [0.15, 0.2) is 40.9 Å². The van der Waals surface area contributed by atoms with Gasteiger partial charge in [-0.25, -0.2) is 0 Å². The fraction of sp³-hybridized carbons (Fsp3) is 0.222. The van der Waals surface area contributed by atoms with Gasteiger partial charge in [-0.15, -0.1) is 0 Å². The van der Waals surface area contributed by atoms with Crippen LogP contribution < -0.4 is 0 Å². The van der Waals surface area contributed by atoms with E-state index in [9.17, 15) is 4.79 Å². The minimum Gasteiger partial charge on any atom is -0.446 e. The number of fused-ring (bicyclic) bond motifs is 1. The van der Waals surface area contributed by atoms with Crippen molar-refractivity contribution in [3.8, 4) is 17.4 Å². The molecule has 22 heavy (non-hydrogen) atoms. The molecule has 0 amide bonds. The molecule has 3 aromatic rings. The van der Waals surface area contributed by atoms with Gasteiger partial charge in [-0.2, -0.15) is 5.26 Å². The van der Waals surface area contributed by atoms with Gasteiger partial charge in [-0.1, -0.05) is 19.1 Å². The summed E-state index contributed by atoms with van der Waals surface area (Å²) in [6.45, 7) is 3.65.